The van der Waals surface area contributed by atoms with Gasteiger partial charge in [-0.1, -0.05) is 36.3 Å². The standard InChI is InChI=1S/C14H17NO.ClH/c1-4-9-15-11-12(2)10-13-7-5-6-8-14(13)16-3;/h1,5-8,15H,2,9-11H2,3H3;1H. The summed E-state index contributed by atoms with van der Waals surface area (Å²) in [4.78, 5) is 0. The van der Waals surface area contributed by atoms with Gasteiger partial charge in [0.25, 0.3) is 0 Å². The minimum Gasteiger partial charge on any atom is -0.496 e. The first-order valence-electron chi connectivity index (χ1n) is 5.20. The third kappa shape index (κ3) is 5.44. The fourth-order valence-corrected chi connectivity index (χ4v) is 1.49. The van der Waals surface area contributed by atoms with Crippen LogP contribution in [0.2, 0.25) is 0 Å². The number of methoxy groups -OCH3 is 1. The van der Waals surface area contributed by atoms with Gasteiger partial charge in [-0.15, -0.1) is 18.8 Å². The molecule has 0 heterocycles. The van der Waals surface area contributed by atoms with Crippen LogP contribution in [0.3, 0.4) is 0 Å². The van der Waals surface area contributed by atoms with Crippen LogP contribution in [0.15, 0.2) is 36.4 Å². The second-order valence-electron chi connectivity index (χ2n) is 3.55. The van der Waals surface area contributed by atoms with Gasteiger partial charge < -0.3 is 10.1 Å². The number of rotatable bonds is 6. The zero-order valence-electron chi connectivity index (χ0n) is 10.0. The minimum atomic E-state index is 0. The molecule has 0 atom stereocenters. The topological polar surface area (TPSA) is 21.3 Å². The molecule has 1 aromatic carbocycles. The molecule has 0 aliphatic heterocycles. The third-order valence-corrected chi connectivity index (χ3v) is 2.24. The normalized spacial score (nSPS) is 8.94. The van der Waals surface area contributed by atoms with Crippen LogP contribution >= 0.6 is 12.4 Å². The van der Waals surface area contributed by atoms with Crippen LogP contribution in [0.4, 0.5) is 0 Å². The van der Waals surface area contributed by atoms with Crippen molar-refractivity contribution >= 4 is 12.4 Å². The molecule has 0 aliphatic carbocycles. The van der Waals surface area contributed by atoms with Crippen molar-refractivity contribution in [1.82, 2.24) is 5.32 Å². The first kappa shape index (κ1) is 15.6. The molecule has 0 radical (unpaired) electrons. The van der Waals surface area contributed by atoms with Gasteiger partial charge in [0.2, 0.25) is 0 Å². The van der Waals surface area contributed by atoms with Crippen molar-refractivity contribution in [2.45, 2.75) is 6.42 Å². The summed E-state index contributed by atoms with van der Waals surface area (Å²) in [6.07, 6.45) is 5.96. The van der Waals surface area contributed by atoms with E-state index in [1.54, 1.807) is 7.11 Å². The van der Waals surface area contributed by atoms with E-state index < -0.39 is 0 Å². The van der Waals surface area contributed by atoms with Crippen LogP contribution in [0, 0.1) is 12.3 Å². The van der Waals surface area contributed by atoms with E-state index >= 15 is 0 Å². The number of ether oxygens (including phenoxy) is 1. The molecule has 0 aromatic heterocycles. The molecule has 0 saturated heterocycles. The number of benzene rings is 1. The lowest BCUT2D eigenvalue weighted by Gasteiger charge is -2.10. The zero-order valence-corrected chi connectivity index (χ0v) is 10.8. The molecule has 1 rings (SSSR count). The molecule has 0 bridgehead atoms. The van der Waals surface area contributed by atoms with Crippen LogP contribution in [0.1, 0.15) is 5.56 Å². The quantitative estimate of drug-likeness (QED) is 0.476. The lowest BCUT2D eigenvalue weighted by molar-refractivity contribution is 0.410. The Morgan fingerprint density at radius 1 is 1.47 bits per heavy atom. The molecular formula is C14H18ClNO. The van der Waals surface area contributed by atoms with Gasteiger partial charge >= 0.3 is 0 Å². The highest BCUT2D eigenvalue weighted by Gasteiger charge is 2.03. The second kappa shape index (κ2) is 8.69. The Balaban J connectivity index is 0.00000256. The van der Waals surface area contributed by atoms with Gasteiger partial charge in [-0.3, -0.25) is 0 Å². The van der Waals surface area contributed by atoms with Gasteiger partial charge in [-0.2, -0.15) is 0 Å². The number of halogens is 1. The van der Waals surface area contributed by atoms with Gasteiger partial charge in [0.1, 0.15) is 5.75 Å². The maximum absolute atomic E-state index is 5.28. The SMILES string of the molecule is C#CCNCC(=C)Cc1ccccc1OC.Cl. The highest BCUT2D eigenvalue weighted by atomic mass is 35.5. The lowest BCUT2D eigenvalue weighted by Crippen LogP contribution is -2.17. The van der Waals surface area contributed by atoms with Gasteiger partial charge in [0, 0.05) is 6.54 Å². The second-order valence-corrected chi connectivity index (χ2v) is 3.55. The van der Waals surface area contributed by atoms with E-state index in [1.165, 1.54) is 0 Å². The van der Waals surface area contributed by atoms with Crippen molar-refractivity contribution < 1.29 is 4.74 Å². The predicted molar refractivity (Wildman–Crippen MR) is 74.8 cm³/mol. The largest absolute Gasteiger partial charge is 0.496 e. The molecule has 2 nitrogen and oxygen atoms in total. The summed E-state index contributed by atoms with van der Waals surface area (Å²) in [5.74, 6) is 3.44. The summed E-state index contributed by atoms with van der Waals surface area (Å²) in [6.45, 7) is 5.32. The van der Waals surface area contributed by atoms with E-state index in [-0.39, 0.29) is 12.4 Å². The van der Waals surface area contributed by atoms with Gasteiger partial charge in [-0.25, -0.2) is 0 Å². The summed E-state index contributed by atoms with van der Waals surface area (Å²) < 4.78 is 5.28. The van der Waals surface area contributed by atoms with Crippen LogP contribution in [-0.2, 0) is 6.42 Å². The van der Waals surface area contributed by atoms with Crippen molar-refractivity contribution in [3.8, 4) is 18.1 Å². The predicted octanol–water partition coefficient (Wildman–Crippen LogP) is 2.44. The molecule has 0 amide bonds. The first-order chi connectivity index (χ1) is 7.77. The summed E-state index contributed by atoms with van der Waals surface area (Å²) >= 11 is 0. The molecule has 17 heavy (non-hydrogen) atoms. The van der Waals surface area contributed by atoms with Gasteiger partial charge in [-0.05, 0) is 18.1 Å². The molecule has 1 aromatic rings. The molecule has 0 fully saturated rings. The Morgan fingerprint density at radius 3 is 2.82 bits per heavy atom. The summed E-state index contributed by atoms with van der Waals surface area (Å²) in [6, 6.07) is 7.96. The zero-order chi connectivity index (χ0) is 11.8. The fourth-order valence-electron chi connectivity index (χ4n) is 1.49. The molecule has 0 spiro atoms. The molecule has 0 saturated carbocycles. The monoisotopic (exact) mass is 251 g/mol. The highest BCUT2D eigenvalue weighted by molar-refractivity contribution is 5.85. The highest BCUT2D eigenvalue weighted by Crippen LogP contribution is 2.19. The van der Waals surface area contributed by atoms with E-state index in [4.69, 9.17) is 11.2 Å². The van der Waals surface area contributed by atoms with Crippen LogP contribution < -0.4 is 10.1 Å². The number of hydrogen-bond acceptors (Lipinski definition) is 2. The summed E-state index contributed by atoms with van der Waals surface area (Å²) in [5.41, 5.74) is 2.25. The smallest absolute Gasteiger partial charge is 0.122 e. The maximum atomic E-state index is 5.28. The van der Waals surface area contributed by atoms with Crippen molar-refractivity contribution in [2.75, 3.05) is 20.2 Å². The van der Waals surface area contributed by atoms with Crippen LogP contribution in [0.5, 0.6) is 5.75 Å². The fraction of sp³-hybridized carbons (Fsp3) is 0.286. The Morgan fingerprint density at radius 2 is 2.18 bits per heavy atom. The number of hydrogen-bond donors (Lipinski definition) is 1. The maximum Gasteiger partial charge on any atom is 0.122 e. The van der Waals surface area contributed by atoms with E-state index in [9.17, 15) is 0 Å². The Labute approximate surface area is 109 Å². The molecule has 0 unspecified atom stereocenters. The minimum absolute atomic E-state index is 0. The Bertz CT molecular complexity index is 395. The van der Waals surface area contributed by atoms with Crippen molar-refractivity contribution in [2.24, 2.45) is 0 Å². The molecule has 0 aliphatic rings. The number of terminal acetylenes is 1. The van der Waals surface area contributed by atoms with E-state index in [2.05, 4.69) is 17.8 Å². The van der Waals surface area contributed by atoms with Gasteiger partial charge in [0.05, 0.1) is 13.7 Å². The lowest BCUT2D eigenvalue weighted by atomic mass is 10.1. The number of para-hydroxylation sites is 1. The summed E-state index contributed by atoms with van der Waals surface area (Å²) in [7, 11) is 1.68. The number of nitrogens with one attached hydrogen (secondary N) is 1. The van der Waals surface area contributed by atoms with E-state index in [0.29, 0.717) is 6.54 Å². The van der Waals surface area contributed by atoms with Crippen molar-refractivity contribution in [3.63, 3.8) is 0 Å². The summed E-state index contributed by atoms with van der Waals surface area (Å²) in [5, 5.41) is 3.12. The molecule has 1 N–H and O–H groups in total. The first-order valence-corrected chi connectivity index (χ1v) is 5.20. The van der Waals surface area contributed by atoms with Gasteiger partial charge in [0.15, 0.2) is 0 Å². The van der Waals surface area contributed by atoms with Crippen LogP contribution in [0.25, 0.3) is 0 Å². The molecular weight excluding hydrogens is 234 g/mol. The Kier molecular flexibility index (Phi) is 7.96. The van der Waals surface area contributed by atoms with Crippen molar-refractivity contribution in [1.29, 1.82) is 0 Å². The Hall–Kier alpha value is -1.43. The average Bonchev–Trinajstić information content (AvgIpc) is 2.30. The molecule has 92 valence electrons. The molecule has 3 heteroatoms. The van der Waals surface area contributed by atoms with E-state index in [0.717, 1.165) is 29.9 Å². The third-order valence-electron chi connectivity index (χ3n) is 2.24. The van der Waals surface area contributed by atoms with Crippen LogP contribution in [-0.4, -0.2) is 20.2 Å². The average molecular weight is 252 g/mol. The van der Waals surface area contributed by atoms with E-state index in [1.807, 2.05) is 24.3 Å². The van der Waals surface area contributed by atoms with Crippen molar-refractivity contribution in [3.05, 3.63) is 42.0 Å².